The monoisotopic (exact) mass is 287 g/mol. The number of nitrogens with zero attached hydrogens (tertiary/aromatic N) is 1. The molecule has 0 saturated carbocycles. The van der Waals surface area contributed by atoms with Gasteiger partial charge in [0.1, 0.15) is 5.75 Å². The molecule has 0 N–H and O–H groups in total. The molecule has 106 valence electrons. The predicted molar refractivity (Wildman–Crippen MR) is 84.4 cm³/mol. The Balaban J connectivity index is 1.81. The average molecular weight is 287 g/mol. The van der Waals surface area contributed by atoms with Crippen LogP contribution in [0.5, 0.6) is 5.75 Å². The van der Waals surface area contributed by atoms with E-state index < -0.39 is 0 Å². The summed E-state index contributed by atoms with van der Waals surface area (Å²) in [6, 6.07) is 13.4. The first-order valence-electron chi connectivity index (χ1n) is 7.20. The van der Waals surface area contributed by atoms with E-state index in [4.69, 9.17) is 4.74 Å². The van der Waals surface area contributed by atoms with Crippen molar-refractivity contribution in [1.82, 2.24) is 4.90 Å². The number of aryl methyl sites for hydroxylation is 1. The van der Waals surface area contributed by atoms with E-state index in [1.165, 1.54) is 34.7 Å². The molecule has 2 aromatic rings. The zero-order valence-electron chi connectivity index (χ0n) is 12.1. The molecule has 2 nitrogen and oxygen atoms in total. The highest BCUT2D eigenvalue weighted by Gasteiger charge is 2.28. The lowest BCUT2D eigenvalue weighted by Crippen LogP contribution is -2.22. The summed E-state index contributed by atoms with van der Waals surface area (Å²) in [7, 11) is 1.76. The maximum Gasteiger partial charge on any atom is 0.123 e. The summed E-state index contributed by atoms with van der Waals surface area (Å²) in [6.07, 6.45) is 2.50. The molecule has 3 heteroatoms. The topological polar surface area (TPSA) is 12.5 Å². The van der Waals surface area contributed by atoms with E-state index in [-0.39, 0.29) is 0 Å². The van der Waals surface area contributed by atoms with Gasteiger partial charge in [-0.1, -0.05) is 18.2 Å². The van der Waals surface area contributed by atoms with Crippen molar-refractivity contribution in [2.45, 2.75) is 32.4 Å². The van der Waals surface area contributed by atoms with Crippen LogP contribution in [0.2, 0.25) is 0 Å². The summed E-state index contributed by atoms with van der Waals surface area (Å²) in [4.78, 5) is 5.45. The third-order valence-corrected chi connectivity index (χ3v) is 5.00. The molecule has 1 aromatic heterocycles. The number of methoxy groups -OCH3 is 1. The number of hydrogen-bond acceptors (Lipinski definition) is 3. The molecule has 3 rings (SSSR count). The zero-order chi connectivity index (χ0) is 13.9. The zero-order valence-corrected chi connectivity index (χ0v) is 13.0. The van der Waals surface area contributed by atoms with Gasteiger partial charge in [-0.15, -0.1) is 11.3 Å². The molecule has 0 spiro atoms. The van der Waals surface area contributed by atoms with Crippen molar-refractivity contribution in [3.8, 4) is 5.75 Å². The summed E-state index contributed by atoms with van der Waals surface area (Å²) in [5.41, 5.74) is 1.33. The van der Waals surface area contributed by atoms with Gasteiger partial charge < -0.3 is 4.74 Å². The Morgan fingerprint density at radius 3 is 2.85 bits per heavy atom. The maximum atomic E-state index is 5.54. The van der Waals surface area contributed by atoms with E-state index in [0.717, 1.165) is 12.3 Å². The van der Waals surface area contributed by atoms with Gasteiger partial charge in [-0.3, -0.25) is 4.90 Å². The van der Waals surface area contributed by atoms with Crippen molar-refractivity contribution in [2.24, 2.45) is 0 Å². The second kappa shape index (κ2) is 5.98. The van der Waals surface area contributed by atoms with Crippen LogP contribution in [-0.4, -0.2) is 18.6 Å². The van der Waals surface area contributed by atoms with Gasteiger partial charge in [0.2, 0.25) is 0 Å². The highest BCUT2D eigenvalue weighted by molar-refractivity contribution is 7.11. The van der Waals surface area contributed by atoms with E-state index in [1.54, 1.807) is 7.11 Å². The van der Waals surface area contributed by atoms with E-state index >= 15 is 0 Å². The molecule has 20 heavy (non-hydrogen) atoms. The summed E-state index contributed by atoms with van der Waals surface area (Å²) in [6.45, 7) is 4.41. The Bertz CT molecular complexity index is 578. The van der Waals surface area contributed by atoms with Crippen LogP contribution in [-0.2, 0) is 6.54 Å². The fourth-order valence-electron chi connectivity index (χ4n) is 3.08. The van der Waals surface area contributed by atoms with Gasteiger partial charge in [-0.05, 0) is 44.5 Å². The Kier molecular flexibility index (Phi) is 4.08. The number of likely N-dealkylation sites (tertiary alicyclic amines) is 1. The highest BCUT2D eigenvalue weighted by Crippen LogP contribution is 2.38. The van der Waals surface area contributed by atoms with Gasteiger partial charge >= 0.3 is 0 Å². The van der Waals surface area contributed by atoms with Crippen LogP contribution in [0.4, 0.5) is 0 Å². The fraction of sp³-hybridized carbons (Fsp3) is 0.412. The number of para-hydroxylation sites is 1. The molecule has 1 fully saturated rings. The third-order valence-electron chi connectivity index (χ3n) is 4.02. The quantitative estimate of drug-likeness (QED) is 0.826. The molecule has 1 aromatic carbocycles. The lowest BCUT2D eigenvalue weighted by molar-refractivity contribution is 0.245. The second-order valence-electron chi connectivity index (χ2n) is 5.38. The minimum absolute atomic E-state index is 0.494. The van der Waals surface area contributed by atoms with E-state index in [9.17, 15) is 0 Å². The molecule has 0 bridgehead atoms. The molecule has 2 heterocycles. The number of thiophene rings is 1. The van der Waals surface area contributed by atoms with Crippen LogP contribution in [0, 0.1) is 6.92 Å². The molecule has 1 aliphatic rings. The smallest absolute Gasteiger partial charge is 0.123 e. The van der Waals surface area contributed by atoms with Crippen LogP contribution in [0.25, 0.3) is 0 Å². The second-order valence-corrected chi connectivity index (χ2v) is 6.76. The minimum atomic E-state index is 0.494. The van der Waals surface area contributed by atoms with Gasteiger partial charge in [0.05, 0.1) is 7.11 Å². The Labute approximate surface area is 125 Å². The summed E-state index contributed by atoms with van der Waals surface area (Å²) in [5, 5.41) is 0. The van der Waals surface area contributed by atoms with Crippen LogP contribution >= 0.6 is 11.3 Å². The maximum absolute atomic E-state index is 5.54. The predicted octanol–water partition coefficient (Wildman–Crippen LogP) is 4.40. The summed E-state index contributed by atoms with van der Waals surface area (Å²) in [5.74, 6) is 1.02. The average Bonchev–Trinajstić information content (AvgIpc) is 3.08. The third kappa shape index (κ3) is 2.74. The number of hydrogen-bond donors (Lipinski definition) is 0. The molecule has 1 atom stereocenters. The fourth-order valence-corrected chi connectivity index (χ4v) is 4.00. The molecule has 0 amide bonds. The van der Waals surface area contributed by atoms with Crippen molar-refractivity contribution < 1.29 is 4.74 Å². The van der Waals surface area contributed by atoms with Crippen molar-refractivity contribution >= 4 is 11.3 Å². The van der Waals surface area contributed by atoms with Crippen LogP contribution in [0.1, 0.15) is 34.2 Å². The van der Waals surface area contributed by atoms with E-state index in [1.807, 2.05) is 17.4 Å². The van der Waals surface area contributed by atoms with Crippen molar-refractivity contribution in [2.75, 3.05) is 13.7 Å². The number of rotatable bonds is 4. The van der Waals surface area contributed by atoms with Crippen LogP contribution in [0.15, 0.2) is 36.4 Å². The lowest BCUT2D eigenvalue weighted by atomic mass is 10.0. The lowest BCUT2D eigenvalue weighted by Gasteiger charge is -2.25. The first kappa shape index (κ1) is 13.7. The molecule has 1 aliphatic heterocycles. The largest absolute Gasteiger partial charge is 0.496 e. The first-order valence-corrected chi connectivity index (χ1v) is 8.02. The summed E-state index contributed by atoms with van der Waals surface area (Å²) >= 11 is 1.91. The van der Waals surface area contributed by atoms with Crippen molar-refractivity contribution in [1.29, 1.82) is 0 Å². The van der Waals surface area contributed by atoms with Gasteiger partial charge in [0.25, 0.3) is 0 Å². The summed E-state index contributed by atoms with van der Waals surface area (Å²) < 4.78 is 5.54. The molecule has 0 radical (unpaired) electrons. The molecule has 0 unspecified atom stereocenters. The normalized spacial score (nSPS) is 19.4. The van der Waals surface area contributed by atoms with Crippen molar-refractivity contribution in [3.63, 3.8) is 0 Å². The van der Waals surface area contributed by atoms with E-state index in [2.05, 4.69) is 42.2 Å². The molecule has 0 aliphatic carbocycles. The minimum Gasteiger partial charge on any atom is -0.496 e. The Hall–Kier alpha value is -1.32. The van der Waals surface area contributed by atoms with Gasteiger partial charge in [0, 0.05) is 27.9 Å². The Morgan fingerprint density at radius 2 is 2.10 bits per heavy atom. The van der Waals surface area contributed by atoms with Gasteiger partial charge in [-0.25, -0.2) is 0 Å². The first-order chi connectivity index (χ1) is 9.78. The van der Waals surface area contributed by atoms with E-state index in [0.29, 0.717) is 6.04 Å². The highest BCUT2D eigenvalue weighted by atomic mass is 32.1. The molecular formula is C17H21NOS. The number of ether oxygens (including phenoxy) is 1. The Morgan fingerprint density at radius 1 is 1.25 bits per heavy atom. The SMILES string of the molecule is COc1ccccc1[C@H]1CCCN1Cc1ccc(C)s1. The number of benzene rings is 1. The molecular weight excluding hydrogens is 266 g/mol. The standard InChI is InChI=1S/C17H21NOS/c1-13-9-10-14(20-13)12-18-11-5-7-16(18)15-6-3-4-8-17(15)19-2/h3-4,6,8-10,16H,5,7,11-12H2,1-2H3/t16-/m1/s1. The van der Waals surface area contributed by atoms with Gasteiger partial charge in [0.15, 0.2) is 0 Å². The van der Waals surface area contributed by atoms with Gasteiger partial charge in [-0.2, -0.15) is 0 Å². The molecule has 1 saturated heterocycles. The van der Waals surface area contributed by atoms with Crippen LogP contribution < -0.4 is 4.74 Å². The van der Waals surface area contributed by atoms with Crippen LogP contribution in [0.3, 0.4) is 0 Å². The van der Waals surface area contributed by atoms with Crippen molar-refractivity contribution in [3.05, 3.63) is 51.7 Å².